The molecule has 0 saturated carbocycles. The van der Waals surface area contributed by atoms with Crippen molar-refractivity contribution < 1.29 is 8.42 Å². The van der Waals surface area contributed by atoms with Gasteiger partial charge in [-0.05, 0) is 77.9 Å². The minimum absolute atomic E-state index is 0.0679. The van der Waals surface area contributed by atoms with Gasteiger partial charge in [0.2, 0.25) is 10.0 Å². The van der Waals surface area contributed by atoms with Gasteiger partial charge in [-0.1, -0.05) is 12.1 Å². The molecule has 0 amide bonds. The van der Waals surface area contributed by atoms with E-state index in [4.69, 9.17) is 5.14 Å². The quantitative estimate of drug-likeness (QED) is 0.751. The Bertz CT molecular complexity index is 743. The minimum Gasteiger partial charge on any atom is -0.378 e. The molecule has 6 heteroatoms. The average Bonchev–Trinajstić information content (AvgIpc) is 2.41. The van der Waals surface area contributed by atoms with Gasteiger partial charge in [0, 0.05) is 15.3 Å². The number of nitrogens with one attached hydrogen (secondary N) is 1. The number of rotatable bonds is 4. The van der Waals surface area contributed by atoms with E-state index >= 15 is 0 Å². The Morgan fingerprint density at radius 2 is 1.76 bits per heavy atom. The Morgan fingerprint density at radius 1 is 1.14 bits per heavy atom. The lowest BCUT2D eigenvalue weighted by Crippen LogP contribution is -2.13. The number of benzene rings is 2. The van der Waals surface area contributed by atoms with Gasteiger partial charge < -0.3 is 5.32 Å². The molecule has 0 aliphatic carbocycles. The summed E-state index contributed by atoms with van der Waals surface area (Å²) in [6.07, 6.45) is 0. The smallest absolute Gasteiger partial charge is 0.238 e. The largest absolute Gasteiger partial charge is 0.378 e. The molecule has 1 unspecified atom stereocenters. The fourth-order valence-electron chi connectivity index (χ4n) is 2.05. The molecule has 0 spiro atoms. The van der Waals surface area contributed by atoms with Crippen LogP contribution in [-0.2, 0) is 10.0 Å². The second-order valence-electron chi connectivity index (χ2n) is 4.94. The third-order valence-electron chi connectivity index (χ3n) is 3.27. The fourth-order valence-corrected chi connectivity index (χ4v) is 3.21. The van der Waals surface area contributed by atoms with Crippen molar-refractivity contribution in [2.24, 2.45) is 5.14 Å². The Kier molecular flexibility index (Phi) is 4.90. The molecule has 3 N–H and O–H groups in total. The Balaban J connectivity index is 2.18. The van der Waals surface area contributed by atoms with Crippen LogP contribution in [0.5, 0.6) is 0 Å². The topological polar surface area (TPSA) is 72.2 Å². The molecule has 112 valence electrons. The molecule has 4 nitrogen and oxygen atoms in total. The first kappa shape index (κ1) is 16.3. The normalized spacial score (nSPS) is 13.0. The van der Waals surface area contributed by atoms with E-state index < -0.39 is 10.0 Å². The van der Waals surface area contributed by atoms with E-state index in [1.807, 2.05) is 19.1 Å². The number of hydrogen-bond donors (Lipinski definition) is 2. The summed E-state index contributed by atoms with van der Waals surface area (Å²) in [5.41, 5.74) is 3.24. The second kappa shape index (κ2) is 6.33. The van der Waals surface area contributed by atoms with Crippen LogP contribution >= 0.6 is 22.6 Å². The number of primary sulfonamides is 1. The molecular weight excluding hydrogens is 399 g/mol. The Hall–Kier alpha value is -1.12. The van der Waals surface area contributed by atoms with E-state index in [9.17, 15) is 8.42 Å². The predicted octanol–water partition coefficient (Wildman–Crippen LogP) is 3.42. The van der Waals surface area contributed by atoms with Crippen LogP contribution in [0.1, 0.15) is 24.1 Å². The lowest BCUT2D eigenvalue weighted by Gasteiger charge is -2.18. The third-order valence-corrected chi connectivity index (χ3v) is 4.87. The summed E-state index contributed by atoms with van der Waals surface area (Å²) in [5, 5.41) is 8.52. The number of nitrogens with two attached hydrogens (primary N) is 1. The molecule has 2 rings (SSSR count). The van der Waals surface area contributed by atoms with Gasteiger partial charge in [0.05, 0.1) is 4.90 Å². The summed E-state index contributed by atoms with van der Waals surface area (Å²) in [4.78, 5) is 0.129. The lowest BCUT2D eigenvalue weighted by atomic mass is 10.1. The van der Waals surface area contributed by atoms with Crippen molar-refractivity contribution in [3.05, 3.63) is 57.2 Å². The van der Waals surface area contributed by atoms with Crippen LogP contribution in [0.15, 0.2) is 47.4 Å². The molecule has 21 heavy (non-hydrogen) atoms. The molecule has 0 aliphatic rings. The third kappa shape index (κ3) is 4.18. The number of anilines is 1. The van der Waals surface area contributed by atoms with E-state index in [0.717, 1.165) is 11.3 Å². The van der Waals surface area contributed by atoms with E-state index in [1.54, 1.807) is 12.1 Å². The van der Waals surface area contributed by atoms with E-state index in [2.05, 4.69) is 40.9 Å². The van der Waals surface area contributed by atoms with Gasteiger partial charge in [0.1, 0.15) is 0 Å². The highest BCUT2D eigenvalue weighted by atomic mass is 127. The number of sulfonamides is 1. The van der Waals surface area contributed by atoms with Crippen molar-refractivity contribution in [2.75, 3.05) is 5.32 Å². The first-order valence-electron chi connectivity index (χ1n) is 6.43. The van der Waals surface area contributed by atoms with Gasteiger partial charge in [-0.2, -0.15) is 0 Å². The summed E-state index contributed by atoms with van der Waals surface area (Å²) < 4.78 is 23.7. The molecule has 2 aromatic carbocycles. The van der Waals surface area contributed by atoms with Crippen LogP contribution in [0.3, 0.4) is 0 Å². The van der Waals surface area contributed by atoms with Gasteiger partial charge in [-0.15, -0.1) is 0 Å². The maximum atomic E-state index is 11.2. The molecule has 0 bridgehead atoms. The van der Waals surface area contributed by atoms with Crippen molar-refractivity contribution in [3.63, 3.8) is 0 Å². The molecule has 0 aromatic heterocycles. The van der Waals surface area contributed by atoms with Crippen LogP contribution in [0, 0.1) is 10.5 Å². The maximum absolute atomic E-state index is 11.2. The monoisotopic (exact) mass is 416 g/mol. The van der Waals surface area contributed by atoms with Crippen molar-refractivity contribution in [1.82, 2.24) is 0 Å². The Morgan fingerprint density at radius 3 is 2.29 bits per heavy atom. The zero-order valence-electron chi connectivity index (χ0n) is 11.8. The number of aryl methyl sites for hydroxylation is 1. The maximum Gasteiger partial charge on any atom is 0.238 e. The molecule has 0 aliphatic heterocycles. The minimum atomic E-state index is -3.64. The number of hydrogen-bond acceptors (Lipinski definition) is 3. The first-order valence-corrected chi connectivity index (χ1v) is 9.05. The fraction of sp³-hybridized carbons (Fsp3) is 0.200. The number of halogens is 1. The average molecular weight is 416 g/mol. The lowest BCUT2D eigenvalue weighted by molar-refractivity contribution is 0.597. The van der Waals surface area contributed by atoms with Crippen molar-refractivity contribution in [3.8, 4) is 0 Å². The highest BCUT2D eigenvalue weighted by Gasteiger charge is 2.10. The van der Waals surface area contributed by atoms with E-state index in [0.29, 0.717) is 0 Å². The molecule has 1 atom stereocenters. The van der Waals surface area contributed by atoms with Crippen LogP contribution in [0.25, 0.3) is 0 Å². The molecule has 2 aromatic rings. The molecule has 0 fully saturated rings. The van der Waals surface area contributed by atoms with Gasteiger partial charge in [0.15, 0.2) is 0 Å². The highest BCUT2D eigenvalue weighted by Crippen LogP contribution is 2.24. The summed E-state index contributed by atoms with van der Waals surface area (Å²) in [7, 11) is -3.64. The van der Waals surface area contributed by atoms with Crippen LogP contribution in [0.4, 0.5) is 5.69 Å². The summed E-state index contributed by atoms with van der Waals surface area (Å²) in [6.45, 7) is 4.09. The summed E-state index contributed by atoms with van der Waals surface area (Å²) in [5.74, 6) is 0. The second-order valence-corrected chi connectivity index (χ2v) is 7.75. The van der Waals surface area contributed by atoms with Crippen LogP contribution in [-0.4, -0.2) is 8.42 Å². The van der Waals surface area contributed by atoms with Crippen molar-refractivity contribution in [2.45, 2.75) is 24.8 Å². The van der Waals surface area contributed by atoms with Gasteiger partial charge >= 0.3 is 0 Å². The molecule has 0 saturated heterocycles. The molecule has 0 radical (unpaired) electrons. The SMILES string of the molecule is Cc1cc(I)ccc1NC(C)c1ccc(S(N)(=O)=O)cc1. The predicted molar refractivity (Wildman–Crippen MR) is 93.7 cm³/mol. The van der Waals surface area contributed by atoms with Gasteiger partial charge in [-0.25, -0.2) is 13.6 Å². The first-order chi connectivity index (χ1) is 9.77. The van der Waals surface area contributed by atoms with Crippen LogP contribution in [0.2, 0.25) is 0 Å². The molecular formula is C15H17IN2O2S. The van der Waals surface area contributed by atoms with Gasteiger partial charge in [0.25, 0.3) is 0 Å². The summed E-state index contributed by atoms with van der Waals surface area (Å²) >= 11 is 2.28. The standard InChI is InChI=1S/C15H17IN2O2S/c1-10-9-13(16)5-8-15(10)18-11(2)12-3-6-14(7-4-12)21(17,19)20/h3-9,11,18H,1-2H3,(H2,17,19,20). The van der Waals surface area contributed by atoms with Gasteiger partial charge in [-0.3, -0.25) is 0 Å². The summed E-state index contributed by atoms with van der Waals surface area (Å²) in [6, 6.07) is 12.9. The van der Waals surface area contributed by atoms with E-state index in [1.165, 1.54) is 21.3 Å². The zero-order chi connectivity index (χ0) is 15.6. The molecule has 0 heterocycles. The van der Waals surface area contributed by atoms with Crippen molar-refractivity contribution >= 4 is 38.3 Å². The Labute approximate surface area is 138 Å². The van der Waals surface area contributed by atoms with E-state index in [-0.39, 0.29) is 10.9 Å². The zero-order valence-corrected chi connectivity index (χ0v) is 14.8. The van der Waals surface area contributed by atoms with Crippen LogP contribution < -0.4 is 10.5 Å². The highest BCUT2D eigenvalue weighted by molar-refractivity contribution is 14.1. The van der Waals surface area contributed by atoms with Crippen molar-refractivity contribution in [1.29, 1.82) is 0 Å².